The number of fused-ring (bicyclic) bond motifs is 3. The molecule has 28 heavy (non-hydrogen) atoms. The molecule has 0 bridgehead atoms. The lowest BCUT2D eigenvalue weighted by atomic mass is 9.81. The van der Waals surface area contributed by atoms with Crippen LogP contribution in [0.15, 0.2) is 91.0 Å². The Morgan fingerprint density at radius 1 is 0.536 bits per heavy atom. The first kappa shape index (κ1) is 16.8. The van der Waals surface area contributed by atoms with Crippen molar-refractivity contribution in [3.63, 3.8) is 0 Å². The predicted octanol–water partition coefficient (Wildman–Crippen LogP) is 6.91. The second-order valence-corrected chi connectivity index (χ2v) is 8.13. The number of rotatable bonds is 2. The Hall–Kier alpha value is -3.32. The van der Waals surface area contributed by atoms with Gasteiger partial charge in [-0.05, 0) is 62.7 Å². The number of hydrogen-bond donors (Lipinski definition) is 1. The van der Waals surface area contributed by atoms with E-state index in [-0.39, 0.29) is 5.41 Å². The maximum atomic E-state index is 6.07. The molecule has 2 N–H and O–H groups in total. The zero-order valence-corrected chi connectivity index (χ0v) is 16.2. The van der Waals surface area contributed by atoms with Crippen LogP contribution in [-0.4, -0.2) is 0 Å². The number of hydrogen-bond acceptors (Lipinski definition) is 1. The number of anilines is 1. The highest BCUT2D eigenvalue weighted by Crippen LogP contribution is 2.50. The van der Waals surface area contributed by atoms with Gasteiger partial charge in [0.1, 0.15) is 0 Å². The molecule has 0 amide bonds. The van der Waals surface area contributed by atoms with Crippen molar-refractivity contribution in [2.45, 2.75) is 19.3 Å². The molecule has 1 aliphatic rings. The zero-order chi connectivity index (χ0) is 19.3. The number of nitrogen functional groups attached to an aromatic ring is 1. The van der Waals surface area contributed by atoms with E-state index in [4.69, 9.17) is 5.73 Å². The normalized spacial score (nSPS) is 13.8. The van der Waals surface area contributed by atoms with Gasteiger partial charge in [0.2, 0.25) is 0 Å². The Labute approximate surface area is 166 Å². The molecule has 0 fully saturated rings. The molecule has 0 saturated carbocycles. The van der Waals surface area contributed by atoms with Gasteiger partial charge in [0.25, 0.3) is 0 Å². The standard InChI is InChI=1S/C27H23N/c1-27(2)25-16-21(12-14-23(25)24-15-13-22(28)17-26(24)27)20-10-8-19(9-11-20)18-6-4-3-5-7-18/h3-17H,28H2,1-2H3. The van der Waals surface area contributed by atoms with Gasteiger partial charge in [-0.2, -0.15) is 0 Å². The Balaban J connectivity index is 1.56. The monoisotopic (exact) mass is 361 g/mol. The van der Waals surface area contributed by atoms with Crippen LogP contribution in [-0.2, 0) is 5.41 Å². The van der Waals surface area contributed by atoms with E-state index in [1.807, 2.05) is 6.07 Å². The number of benzene rings is 4. The summed E-state index contributed by atoms with van der Waals surface area (Å²) in [6, 6.07) is 32.5. The zero-order valence-electron chi connectivity index (χ0n) is 16.2. The molecular formula is C27H23N. The van der Waals surface area contributed by atoms with Gasteiger partial charge in [0, 0.05) is 11.1 Å². The summed E-state index contributed by atoms with van der Waals surface area (Å²) in [6.07, 6.45) is 0. The third-order valence-electron chi connectivity index (χ3n) is 6.03. The molecule has 4 aromatic carbocycles. The average molecular weight is 361 g/mol. The molecule has 1 nitrogen and oxygen atoms in total. The van der Waals surface area contributed by atoms with E-state index in [1.165, 1.54) is 44.5 Å². The van der Waals surface area contributed by atoms with Crippen molar-refractivity contribution < 1.29 is 0 Å². The summed E-state index contributed by atoms with van der Waals surface area (Å²) in [7, 11) is 0. The van der Waals surface area contributed by atoms with Crippen molar-refractivity contribution in [1.29, 1.82) is 0 Å². The van der Waals surface area contributed by atoms with Crippen molar-refractivity contribution in [3.8, 4) is 33.4 Å². The summed E-state index contributed by atoms with van der Waals surface area (Å²) in [5.41, 5.74) is 17.2. The highest BCUT2D eigenvalue weighted by Gasteiger charge is 2.35. The summed E-state index contributed by atoms with van der Waals surface area (Å²) < 4.78 is 0. The molecule has 0 atom stereocenters. The SMILES string of the molecule is CC1(C)c2cc(N)ccc2-c2ccc(-c3ccc(-c4ccccc4)cc3)cc21. The van der Waals surface area contributed by atoms with Crippen LogP contribution in [0.1, 0.15) is 25.0 Å². The fourth-order valence-corrected chi connectivity index (χ4v) is 4.42. The van der Waals surface area contributed by atoms with E-state index >= 15 is 0 Å². The molecule has 136 valence electrons. The van der Waals surface area contributed by atoms with E-state index in [0.717, 1.165) is 5.69 Å². The first-order valence-electron chi connectivity index (χ1n) is 9.75. The molecule has 0 heterocycles. The number of nitrogens with two attached hydrogens (primary N) is 1. The second kappa shape index (κ2) is 6.10. The summed E-state index contributed by atoms with van der Waals surface area (Å²) >= 11 is 0. The van der Waals surface area contributed by atoms with Crippen LogP contribution in [0.4, 0.5) is 5.69 Å². The largest absolute Gasteiger partial charge is 0.399 e. The Morgan fingerprint density at radius 2 is 1.04 bits per heavy atom. The Bertz CT molecular complexity index is 1170. The fraction of sp³-hybridized carbons (Fsp3) is 0.111. The van der Waals surface area contributed by atoms with Crippen LogP contribution in [0.3, 0.4) is 0 Å². The molecule has 0 aromatic heterocycles. The van der Waals surface area contributed by atoms with Gasteiger partial charge >= 0.3 is 0 Å². The van der Waals surface area contributed by atoms with Crippen LogP contribution >= 0.6 is 0 Å². The average Bonchev–Trinajstić information content (AvgIpc) is 2.95. The Kier molecular flexibility index (Phi) is 3.67. The van der Waals surface area contributed by atoms with Crippen LogP contribution in [0.5, 0.6) is 0 Å². The maximum Gasteiger partial charge on any atom is 0.0317 e. The third kappa shape index (κ3) is 2.55. The van der Waals surface area contributed by atoms with E-state index in [9.17, 15) is 0 Å². The lowest BCUT2D eigenvalue weighted by Gasteiger charge is -2.22. The van der Waals surface area contributed by atoms with Gasteiger partial charge < -0.3 is 5.73 Å². The second-order valence-electron chi connectivity index (χ2n) is 8.13. The van der Waals surface area contributed by atoms with Gasteiger partial charge in [-0.25, -0.2) is 0 Å². The quantitative estimate of drug-likeness (QED) is 0.386. The highest BCUT2D eigenvalue weighted by molar-refractivity contribution is 5.85. The molecule has 0 unspecified atom stereocenters. The van der Waals surface area contributed by atoms with Crippen LogP contribution < -0.4 is 5.73 Å². The summed E-state index contributed by atoms with van der Waals surface area (Å²) in [4.78, 5) is 0. The molecule has 0 aliphatic heterocycles. The molecule has 0 saturated heterocycles. The van der Waals surface area contributed by atoms with Gasteiger partial charge in [-0.3, -0.25) is 0 Å². The minimum Gasteiger partial charge on any atom is -0.399 e. The molecule has 0 radical (unpaired) electrons. The molecule has 5 rings (SSSR count). The smallest absolute Gasteiger partial charge is 0.0317 e. The molecule has 4 aromatic rings. The van der Waals surface area contributed by atoms with Crippen LogP contribution in [0, 0.1) is 0 Å². The highest BCUT2D eigenvalue weighted by atomic mass is 14.5. The van der Waals surface area contributed by atoms with Crippen LogP contribution in [0.2, 0.25) is 0 Å². The molecule has 1 aliphatic carbocycles. The molecule has 1 heteroatoms. The molecular weight excluding hydrogens is 338 g/mol. The van der Waals surface area contributed by atoms with Crippen LogP contribution in [0.25, 0.3) is 33.4 Å². The first-order chi connectivity index (χ1) is 13.5. The van der Waals surface area contributed by atoms with Gasteiger partial charge in [-0.1, -0.05) is 86.6 Å². The van der Waals surface area contributed by atoms with Crippen molar-refractivity contribution in [2.24, 2.45) is 0 Å². The third-order valence-corrected chi connectivity index (χ3v) is 6.03. The minimum atomic E-state index is -0.0416. The molecule has 0 spiro atoms. The summed E-state index contributed by atoms with van der Waals surface area (Å²) in [5, 5.41) is 0. The maximum absolute atomic E-state index is 6.07. The Morgan fingerprint density at radius 3 is 1.71 bits per heavy atom. The van der Waals surface area contributed by atoms with Crippen molar-refractivity contribution in [2.75, 3.05) is 5.73 Å². The topological polar surface area (TPSA) is 26.0 Å². The van der Waals surface area contributed by atoms with Crippen molar-refractivity contribution in [1.82, 2.24) is 0 Å². The minimum absolute atomic E-state index is 0.0416. The predicted molar refractivity (Wildman–Crippen MR) is 119 cm³/mol. The fourth-order valence-electron chi connectivity index (χ4n) is 4.42. The summed E-state index contributed by atoms with van der Waals surface area (Å²) in [6.45, 7) is 4.58. The van der Waals surface area contributed by atoms with E-state index in [1.54, 1.807) is 0 Å². The van der Waals surface area contributed by atoms with Gasteiger partial charge in [0.15, 0.2) is 0 Å². The van der Waals surface area contributed by atoms with E-state index in [0.29, 0.717) is 0 Å². The first-order valence-corrected chi connectivity index (χ1v) is 9.75. The van der Waals surface area contributed by atoms with Crippen molar-refractivity contribution >= 4 is 5.69 Å². The van der Waals surface area contributed by atoms with Crippen molar-refractivity contribution in [3.05, 3.63) is 102 Å². The lowest BCUT2D eigenvalue weighted by Crippen LogP contribution is -2.15. The van der Waals surface area contributed by atoms with Gasteiger partial charge in [0.05, 0.1) is 0 Å². The summed E-state index contributed by atoms with van der Waals surface area (Å²) in [5.74, 6) is 0. The van der Waals surface area contributed by atoms with E-state index in [2.05, 4.69) is 98.8 Å². The van der Waals surface area contributed by atoms with Gasteiger partial charge in [-0.15, -0.1) is 0 Å². The lowest BCUT2D eigenvalue weighted by molar-refractivity contribution is 0.661. The van der Waals surface area contributed by atoms with E-state index < -0.39 is 0 Å².